The second-order valence-corrected chi connectivity index (χ2v) is 3.64. The number of esters is 2. The first kappa shape index (κ1) is 12.7. The van der Waals surface area contributed by atoms with E-state index in [0.29, 0.717) is 19.4 Å². The maximum Gasteiger partial charge on any atom is 0.323 e. The van der Waals surface area contributed by atoms with Crippen molar-refractivity contribution < 1.29 is 19.1 Å². The van der Waals surface area contributed by atoms with Gasteiger partial charge in [0.15, 0.2) is 0 Å². The minimum absolute atomic E-state index is 0.312. The molecular formula is C11H17NO4. The summed E-state index contributed by atoms with van der Waals surface area (Å²) < 4.78 is 9.41. The number of hydrogen-bond acceptors (Lipinski definition) is 5. The molecule has 1 saturated heterocycles. The van der Waals surface area contributed by atoms with Gasteiger partial charge in [0.25, 0.3) is 0 Å². The van der Waals surface area contributed by atoms with Gasteiger partial charge < -0.3 is 9.47 Å². The van der Waals surface area contributed by atoms with Gasteiger partial charge >= 0.3 is 11.9 Å². The second kappa shape index (κ2) is 5.65. The van der Waals surface area contributed by atoms with Gasteiger partial charge in [-0.15, -0.1) is 6.58 Å². The molecule has 0 spiro atoms. The lowest BCUT2D eigenvalue weighted by Gasteiger charge is -2.25. The number of methoxy groups -OCH3 is 2. The van der Waals surface area contributed by atoms with E-state index in [4.69, 9.17) is 9.47 Å². The van der Waals surface area contributed by atoms with Crippen LogP contribution < -0.4 is 0 Å². The quantitative estimate of drug-likeness (QED) is 0.512. The highest BCUT2D eigenvalue weighted by atomic mass is 16.5. The molecule has 5 nitrogen and oxygen atoms in total. The molecule has 2 atom stereocenters. The summed E-state index contributed by atoms with van der Waals surface area (Å²) in [4.78, 5) is 24.8. The van der Waals surface area contributed by atoms with Crippen molar-refractivity contribution >= 4 is 11.9 Å². The van der Waals surface area contributed by atoms with Crippen LogP contribution in [0.1, 0.15) is 12.8 Å². The summed E-state index contributed by atoms with van der Waals surface area (Å²) in [5.74, 6) is -0.624. The van der Waals surface area contributed by atoms with E-state index in [2.05, 4.69) is 6.58 Å². The van der Waals surface area contributed by atoms with E-state index in [1.807, 2.05) is 0 Å². The van der Waals surface area contributed by atoms with Crippen molar-refractivity contribution in [3.63, 3.8) is 0 Å². The fraction of sp³-hybridized carbons (Fsp3) is 0.636. The summed E-state index contributed by atoms with van der Waals surface area (Å²) in [6.07, 6.45) is 2.89. The molecule has 1 fully saturated rings. The van der Waals surface area contributed by atoms with Crippen molar-refractivity contribution in [2.75, 3.05) is 20.8 Å². The number of nitrogens with zero attached hydrogens (tertiary/aromatic N) is 1. The topological polar surface area (TPSA) is 55.8 Å². The predicted molar refractivity (Wildman–Crippen MR) is 57.7 cm³/mol. The minimum Gasteiger partial charge on any atom is -0.468 e. The Kier molecular flexibility index (Phi) is 4.49. The highest BCUT2D eigenvalue weighted by Gasteiger charge is 2.41. The smallest absolute Gasteiger partial charge is 0.323 e. The maximum absolute atomic E-state index is 11.5. The molecule has 1 aliphatic heterocycles. The largest absolute Gasteiger partial charge is 0.468 e. The number of carbonyl (C=O) groups is 2. The normalized spacial score (nSPS) is 25.1. The Bertz CT molecular complexity index is 266. The van der Waals surface area contributed by atoms with Crippen molar-refractivity contribution in [2.24, 2.45) is 0 Å². The van der Waals surface area contributed by atoms with Crippen molar-refractivity contribution in [1.82, 2.24) is 4.90 Å². The Labute approximate surface area is 95.0 Å². The molecule has 0 aliphatic carbocycles. The average Bonchev–Trinajstić information content (AvgIpc) is 2.71. The van der Waals surface area contributed by atoms with E-state index in [9.17, 15) is 9.59 Å². The Morgan fingerprint density at radius 1 is 1.25 bits per heavy atom. The van der Waals surface area contributed by atoms with Gasteiger partial charge in [-0.2, -0.15) is 0 Å². The summed E-state index contributed by atoms with van der Waals surface area (Å²) >= 11 is 0. The van der Waals surface area contributed by atoms with Crippen LogP contribution in [0, 0.1) is 0 Å². The second-order valence-electron chi connectivity index (χ2n) is 3.64. The number of rotatable bonds is 4. The molecule has 5 heteroatoms. The molecule has 1 heterocycles. The first-order valence-electron chi connectivity index (χ1n) is 5.18. The number of hydrogen-bond donors (Lipinski definition) is 0. The fourth-order valence-electron chi connectivity index (χ4n) is 2.05. The lowest BCUT2D eigenvalue weighted by Crippen LogP contribution is -2.45. The summed E-state index contributed by atoms with van der Waals surface area (Å²) in [6.45, 7) is 4.09. The number of ether oxygens (including phenoxy) is 2. The molecule has 0 aromatic heterocycles. The average molecular weight is 227 g/mol. The van der Waals surface area contributed by atoms with E-state index >= 15 is 0 Å². The Morgan fingerprint density at radius 3 is 2.00 bits per heavy atom. The van der Waals surface area contributed by atoms with Crippen LogP contribution >= 0.6 is 0 Å². The first-order chi connectivity index (χ1) is 7.65. The molecule has 1 aliphatic rings. The standard InChI is InChI=1S/C11H17NO4/c1-4-7-12-8(10(13)15-2)5-6-9(12)11(14)16-3/h4,8-9H,1,5-7H2,2-3H3/t8-,9+. The van der Waals surface area contributed by atoms with Gasteiger partial charge in [-0.05, 0) is 12.8 Å². The van der Waals surface area contributed by atoms with Crippen LogP contribution in [0.4, 0.5) is 0 Å². The van der Waals surface area contributed by atoms with E-state index in [-0.39, 0.29) is 24.0 Å². The summed E-state index contributed by atoms with van der Waals surface area (Å²) in [5, 5.41) is 0. The third-order valence-corrected chi connectivity index (χ3v) is 2.80. The van der Waals surface area contributed by atoms with Gasteiger partial charge in [0.1, 0.15) is 12.1 Å². The molecule has 0 saturated carbocycles. The minimum atomic E-state index is -0.368. The zero-order chi connectivity index (χ0) is 12.1. The zero-order valence-corrected chi connectivity index (χ0v) is 9.64. The lowest BCUT2D eigenvalue weighted by atomic mass is 10.2. The molecule has 0 radical (unpaired) electrons. The molecule has 0 bridgehead atoms. The first-order valence-corrected chi connectivity index (χ1v) is 5.18. The molecule has 0 unspecified atom stereocenters. The molecular weight excluding hydrogens is 210 g/mol. The van der Waals surface area contributed by atoms with Gasteiger partial charge in [0.2, 0.25) is 0 Å². The fourth-order valence-corrected chi connectivity index (χ4v) is 2.05. The van der Waals surface area contributed by atoms with Gasteiger partial charge in [0.05, 0.1) is 14.2 Å². The SMILES string of the molecule is C=CCN1[C@@H](C(=O)OC)CC[C@H]1C(=O)OC. The zero-order valence-electron chi connectivity index (χ0n) is 9.64. The third kappa shape index (κ3) is 2.41. The molecule has 0 N–H and O–H groups in total. The predicted octanol–water partition coefficient (Wildman–Crippen LogP) is 0.351. The third-order valence-electron chi connectivity index (χ3n) is 2.80. The highest BCUT2D eigenvalue weighted by molar-refractivity contribution is 5.81. The van der Waals surface area contributed by atoms with Crippen LogP contribution in [0.2, 0.25) is 0 Å². The van der Waals surface area contributed by atoms with Crippen LogP contribution in [0.25, 0.3) is 0 Å². The molecule has 0 amide bonds. The van der Waals surface area contributed by atoms with Crippen molar-refractivity contribution in [1.29, 1.82) is 0 Å². The van der Waals surface area contributed by atoms with Crippen LogP contribution in [0.3, 0.4) is 0 Å². The van der Waals surface area contributed by atoms with Crippen molar-refractivity contribution in [3.05, 3.63) is 12.7 Å². The van der Waals surface area contributed by atoms with Crippen LogP contribution in [0.5, 0.6) is 0 Å². The summed E-state index contributed by atoms with van der Waals surface area (Å²) in [5.41, 5.74) is 0. The highest BCUT2D eigenvalue weighted by Crippen LogP contribution is 2.25. The van der Waals surface area contributed by atoms with Crippen molar-refractivity contribution in [3.8, 4) is 0 Å². The molecule has 90 valence electrons. The van der Waals surface area contributed by atoms with E-state index in [1.54, 1.807) is 11.0 Å². The van der Waals surface area contributed by atoms with Crippen LogP contribution in [-0.2, 0) is 19.1 Å². The number of likely N-dealkylation sites (tertiary alicyclic amines) is 1. The van der Waals surface area contributed by atoms with E-state index < -0.39 is 0 Å². The van der Waals surface area contributed by atoms with E-state index in [1.165, 1.54) is 14.2 Å². The van der Waals surface area contributed by atoms with Crippen LogP contribution in [-0.4, -0.2) is 49.7 Å². The Balaban J connectivity index is 2.79. The molecule has 16 heavy (non-hydrogen) atoms. The van der Waals surface area contributed by atoms with Gasteiger partial charge in [-0.3, -0.25) is 14.5 Å². The number of carbonyl (C=O) groups excluding carboxylic acids is 2. The Hall–Kier alpha value is -1.36. The summed E-state index contributed by atoms with van der Waals surface area (Å²) in [7, 11) is 2.69. The van der Waals surface area contributed by atoms with Gasteiger partial charge in [-0.25, -0.2) is 0 Å². The van der Waals surface area contributed by atoms with Gasteiger partial charge in [-0.1, -0.05) is 6.08 Å². The lowest BCUT2D eigenvalue weighted by molar-refractivity contribution is -0.150. The summed E-state index contributed by atoms with van der Waals surface area (Å²) in [6, 6.07) is -0.737. The molecule has 0 aromatic carbocycles. The monoisotopic (exact) mass is 227 g/mol. The van der Waals surface area contributed by atoms with Crippen molar-refractivity contribution in [2.45, 2.75) is 24.9 Å². The molecule has 1 rings (SSSR count). The van der Waals surface area contributed by atoms with Crippen LogP contribution in [0.15, 0.2) is 12.7 Å². The molecule has 0 aromatic rings. The van der Waals surface area contributed by atoms with E-state index in [0.717, 1.165) is 0 Å². The van der Waals surface area contributed by atoms with Gasteiger partial charge in [0, 0.05) is 6.54 Å². The Morgan fingerprint density at radius 2 is 1.69 bits per heavy atom. The maximum atomic E-state index is 11.5.